The molecular formula is C13H22N4O3. The highest BCUT2D eigenvalue weighted by atomic mass is 16.5. The van der Waals surface area contributed by atoms with E-state index in [0.717, 1.165) is 12.2 Å². The molecule has 0 bridgehead atoms. The highest BCUT2D eigenvalue weighted by Gasteiger charge is 2.08. The Balaban J connectivity index is 2.62. The van der Waals surface area contributed by atoms with E-state index in [1.807, 2.05) is 12.1 Å². The molecule has 0 aliphatic rings. The van der Waals surface area contributed by atoms with Gasteiger partial charge in [0.05, 0.1) is 19.4 Å². The molecule has 0 atom stereocenters. The maximum atomic E-state index is 8.57. The summed E-state index contributed by atoms with van der Waals surface area (Å²) >= 11 is 0. The number of nitrogens with two attached hydrogens (primary N) is 1. The zero-order chi connectivity index (χ0) is 14.8. The zero-order valence-electron chi connectivity index (χ0n) is 12.0. The number of aromatic nitrogens is 1. The molecule has 1 rings (SSSR count). The van der Waals surface area contributed by atoms with Crippen LogP contribution in [0.4, 0.5) is 0 Å². The summed E-state index contributed by atoms with van der Waals surface area (Å²) in [5.74, 6) is 0.802. The van der Waals surface area contributed by atoms with Gasteiger partial charge < -0.3 is 20.4 Å². The first-order chi connectivity index (χ1) is 9.69. The molecule has 7 nitrogen and oxygen atoms in total. The Labute approximate surface area is 119 Å². The predicted molar refractivity (Wildman–Crippen MR) is 76.0 cm³/mol. The van der Waals surface area contributed by atoms with E-state index in [9.17, 15) is 0 Å². The fraction of sp³-hybridized carbons (Fsp3) is 0.538. The van der Waals surface area contributed by atoms with Gasteiger partial charge in [-0.05, 0) is 6.07 Å². The smallest absolute Gasteiger partial charge is 0.213 e. The summed E-state index contributed by atoms with van der Waals surface area (Å²) in [6.45, 7) is 2.67. The van der Waals surface area contributed by atoms with Gasteiger partial charge in [-0.15, -0.1) is 0 Å². The van der Waals surface area contributed by atoms with Gasteiger partial charge in [0.1, 0.15) is 5.84 Å². The first-order valence-electron chi connectivity index (χ1n) is 6.37. The Morgan fingerprint density at radius 3 is 2.85 bits per heavy atom. The van der Waals surface area contributed by atoms with Crippen molar-refractivity contribution in [3.05, 3.63) is 23.9 Å². The minimum Gasteiger partial charge on any atom is -0.481 e. The number of nitrogens with zero attached hydrogens (tertiary/aromatic N) is 3. The van der Waals surface area contributed by atoms with Crippen molar-refractivity contribution in [1.82, 2.24) is 9.88 Å². The van der Waals surface area contributed by atoms with Gasteiger partial charge in [0.25, 0.3) is 0 Å². The monoisotopic (exact) mass is 282 g/mol. The average Bonchev–Trinajstić information content (AvgIpc) is 2.49. The van der Waals surface area contributed by atoms with E-state index >= 15 is 0 Å². The molecule has 0 aromatic carbocycles. The Morgan fingerprint density at radius 2 is 2.20 bits per heavy atom. The standard InChI is InChI=1S/C13H22N4O3/c1-19-9-8-17(7-6-12(14)16-18)10-11-4-3-5-13(15-11)20-2/h3-5,18H,6-10H2,1-2H3,(H2,14,16). The minimum absolute atomic E-state index is 0.214. The lowest BCUT2D eigenvalue weighted by Gasteiger charge is -2.21. The number of methoxy groups -OCH3 is 2. The third-order valence-corrected chi connectivity index (χ3v) is 2.80. The average molecular weight is 282 g/mol. The van der Waals surface area contributed by atoms with Crippen LogP contribution >= 0.6 is 0 Å². The summed E-state index contributed by atoms with van der Waals surface area (Å²) in [5.41, 5.74) is 6.40. The van der Waals surface area contributed by atoms with Gasteiger partial charge in [0.15, 0.2) is 0 Å². The lowest BCUT2D eigenvalue weighted by molar-refractivity contribution is 0.144. The molecule has 20 heavy (non-hydrogen) atoms. The zero-order valence-corrected chi connectivity index (χ0v) is 12.0. The third kappa shape index (κ3) is 5.85. The molecule has 0 amide bonds. The number of oxime groups is 1. The second-order valence-corrected chi connectivity index (χ2v) is 4.28. The lowest BCUT2D eigenvalue weighted by atomic mass is 10.3. The van der Waals surface area contributed by atoms with Crippen molar-refractivity contribution in [2.24, 2.45) is 10.9 Å². The summed E-state index contributed by atoms with van der Waals surface area (Å²) in [4.78, 5) is 6.50. The normalized spacial score (nSPS) is 11.8. The molecule has 0 saturated carbocycles. The topological polar surface area (TPSA) is 93.2 Å². The van der Waals surface area contributed by atoms with Crippen molar-refractivity contribution < 1.29 is 14.7 Å². The Kier molecular flexibility index (Phi) is 7.38. The Morgan fingerprint density at radius 1 is 1.40 bits per heavy atom. The fourth-order valence-corrected chi connectivity index (χ4v) is 1.70. The van der Waals surface area contributed by atoms with Crippen LogP contribution in [0.3, 0.4) is 0 Å². The molecular weight excluding hydrogens is 260 g/mol. The van der Waals surface area contributed by atoms with Gasteiger partial charge >= 0.3 is 0 Å². The molecule has 1 aromatic rings. The molecule has 0 fully saturated rings. The highest BCUT2D eigenvalue weighted by Crippen LogP contribution is 2.09. The molecule has 112 valence electrons. The molecule has 0 aliphatic carbocycles. The maximum Gasteiger partial charge on any atom is 0.213 e. The van der Waals surface area contributed by atoms with Gasteiger partial charge in [0, 0.05) is 39.2 Å². The Hall–Kier alpha value is -1.86. The second kappa shape index (κ2) is 9.11. The first kappa shape index (κ1) is 16.2. The maximum absolute atomic E-state index is 8.57. The van der Waals surface area contributed by atoms with Crippen molar-refractivity contribution in [1.29, 1.82) is 0 Å². The molecule has 0 spiro atoms. The van der Waals surface area contributed by atoms with Crippen molar-refractivity contribution >= 4 is 5.84 Å². The van der Waals surface area contributed by atoms with Crippen LogP contribution in [0.1, 0.15) is 12.1 Å². The Bertz CT molecular complexity index is 426. The molecule has 3 N–H and O–H groups in total. The molecule has 0 radical (unpaired) electrons. The van der Waals surface area contributed by atoms with Crippen LogP contribution < -0.4 is 10.5 Å². The van der Waals surface area contributed by atoms with Crippen molar-refractivity contribution in [2.75, 3.05) is 33.9 Å². The molecule has 0 aliphatic heterocycles. The first-order valence-corrected chi connectivity index (χ1v) is 6.37. The van der Waals surface area contributed by atoms with E-state index in [4.69, 9.17) is 20.4 Å². The molecule has 0 unspecified atom stereocenters. The summed E-state index contributed by atoms with van der Waals surface area (Å²) in [7, 11) is 3.25. The largest absolute Gasteiger partial charge is 0.481 e. The summed E-state index contributed by atoms with van der Waals surface area (Å²) in [6.07, 6.45) is 0.490. The second-order valence-electron chi connectivity index (χ2n) is 4.28. The van der Waals surface area contributed by atoms with Crippen molar-refractivity contribution in [3.63, 3.8) is 0 Å². The number of hydrogen-bond donors (Lipinski definition) is 2. The van der Waals surface area contributed by atoms with Gasteiger partial charge in [-0.1, -0.05) is 11.2 Å². The van der Waals surface area contributed by atoms with Crippen LogP contribution in [-0.2, 0) is 11.3 Å². The molecule has 1 heterocycles. The van der Waals surface area contributed by atoms with Crippen molar-refractivity contribution in [2.45, 2.75) is 13.0 Å². The minimum atomic E-state index is 0.214. The lowest BCUT2D eigenvalue weighted by Crippen LogP contribution is -2.31. The van der Waals surface area contributed by atoms with Crippen molar-refractivity contribution in [3.8, 4) is 5.88 Å². The number of hydrogen-bond acceptors (Lipinski definition) is 6. The van der Waals surface area contributed by atoms with E-state index in [2.05, 4.69) is 15.0 Å². The van der Waals surface area contributed by atoms with Crippen LogP contribution in [0.15, 0.2) is 23.4 Å². The van der Waals surface area contributed by atoms with E-state index in [1.165, 1.54) is 0 Å². The van der Waals surface area contributed by atoms with E-state index in [1.54, 1.807) is 20.3 Å². The summed E-state index contributed by atoms with van der Waals surface area (Å²) in [5, 5.41) is 11.5. The number of ether oxygens (including phenoxy) is 2. The van der Waals surface area contributed by atoms with E-state index in [-0.39, 0.29) is 5.84 Å². The highest BCUT2D eigenvalue weighted by molar-refractivity contribution is 5.79. The number of rotatable bonds is 9. The van der Waals surface area contributed by atoms with Crippen LogP contribution in [0, 0.1) is 0 Å². The van der Waals surface area contributed by atoms with E-state index < -0.39 is 0 Å². The predicted octanol–water partition coefficient (Wildman–Crippen LogP) is 0.675. The van der Waals surface area contributed by atoms with Gasteiger partial charge in [0.2, 0.25) is 5.88 Å². The summed E-state index contributed by atoms with van der Waals surface area (Å²) < 4.78 is 10.2. The number of amidine groups is 1. The van der Waals surface area contributed by atoms with Gasteiger partial charge in [-0.25, -0.2) is 4.98 Å². The molecule has 7 heteroatoms. The molecule has 0 saturated heterocycles. The quantitative estimate of drug-likeness (QED) is 0.299. The third-order valence-electron chi connectivity index (χ3n) is 2.80. The molecule has 1 aromatic heterocycles. The SMILES string of the molecule is COCCN(CCC(N)=NO)Cc1cccc(OC)n1. The van der Waals surface area contributed by atoms with Crippen LogP contribution in [0.25, 0.3) is 0 Å². The van der Waals surface area contributed by atoms with Crippen LogP contribution in [-0.4, -0.2) is 54.8 Å². The number of pyridine rings is 1. The van der Waals surface area contributed by atoms with Crippen LogP contribution in [0.5, 0.6) is 5.88 Å². The van der Waals surface area contributed by atoms with Gasteiger partial charge in [-0.2, -0.15) is 0 Å². The fourth-order valence-electron chi connectivity index (χ4n) is 1.70. The summed E-state index contributed by atoms with van der Waals surface area (Å²) in [6, 6.07) is 5.64. The van der Waals surface area contributed by atoms with Crippen LogP contribution in [0.2, 0.25) is 0 Å². The van der Waals surface area contributed by atoms with E-state index in [0.29, 0.717) is 32.0 Å². The van der Waals surface area contributed by atoms with Gasteiger partial charge in [-0.3, -0.25) is 4.90 Å².